The lowest BCUT2D eigenvalue weighted by molar-refractivity contribution is -0.143. The number of allylic oxidation sites excluding steroid dienone is 4. The van der Waals surface area contributed by atoms with Crippen LogP contribution in [0, 0.1) is 46.3 Å². The highest BCUT2D eigenvalue weighted by Crippen LogP contribution is 2.61. The van der Waals surface area contributed by atoms with Crippen LogP contribution in [0.15, 0.2) is 24.3 Å². The van der Waals surface area contributed by atoms with Gasteiger partial charge in [-0.25, -0.2) is 0 Å². The molecule has 6 aliphatic rings. The van der Waals surface area contributed by atoms with Crippen LogP contribution in [-0.4, -0.2) is 46.5 Å². The third-order valence-corrected chi connectivity index (χ3v) is 9.91. The predicted octanol–water partition coefficient (Wildman–Crippen LogP) is 2.94. The summed E-state index contributed by atoms with van der Waals surface area (Å²) in [6, 6.07) is 0. The van der Waals surface area contributed by atoms with Crippen molar-refractivity contribution in [2.45, 2.75) is 52.4 Å². The molecule has 4 amide bonds. The maximum atomic E-state index is 13.0. The first-order valence-electron chi connectivity index (χ1n) is 12.4. The summed E-state index contributed by atoms with van der Waals surface area (Å²) in [4.78, 5) is 55.0. The average molecular weight is 437 g/mol. The molecule has 2 saturated carbocycles. The second kappa shape index (κ2) is 6.64. The number of likely N-dealkylation sites (tertiary alicyclic amines) is 2. The third kappa shape index (κ3) is 2.31. The molecular weight excluding hydrogens is 404 g/mol. The number of carbonyl (C=O) groups excluding carboxylic acids is 4. The molecule has 6 heteroatoms. The Bertz CT molecular complexity index is 906. The zero-order chi connectivity index (χ0) is 22.4. The summed E-state index contributed by atoms with van der Waals surface area (Å²) in [5.74, 6) is 0.619. The fourth-order valence-electron chi connectivity index (χ4n) is 8.09. The van der Waals surface area contributed by atoms with Crippen molar-refractivity contribution in [2.75, 3.05) is 13.1 Å². The van der Waals surface area contributed by atoms with Gasteiger partial charge in [-0.1, -0.05) is 37.1 Å². The Morgan fingerprint density at radius 2 is 1.09 bits per heavy atom. The topological polar surface area (TPSA) is 74.8 Å². The van der Waals surface area contributed by atoms with Crippen molar-refractivity contribution in [1.82, 2.24) is 9.80 Å². The maximum absolute atomic E-state index is 13.0. The summed E-state index contributed by atoms with van der Waals surface area (Å²) in [5, 5.41) is 0. The summed E-state index contributed by atoms with van der Waals surface area (Å²) in [5.41, 5.74) is -1.06. The van der Waals surface area contributed by atoms with E-state index in [1.807, 2.05) is 13.8 Å². The van der Waals surface area contributed by atoms with Gasteiger partial charge in [0.25, 0.3) is 0 Å². The van der Waals surface area contributed by atoms with E-state index in [1.165, 1.54) is 9.80 Å². The molecule has 0 aromatic heterocycles. The van der Waals surface area contributed by atoms with Crippen LogP contribution in [0.5, 0.6) is 0 Å². The van der Waals surface area contributed by atoms with Crippen LogP contribution in [0.4, 0.5) is 0 Å². The second-order valence-corrected chi connectivity index (χ2v) is 11.3. The van der Waals surface area contributed by atoms with Crippen LogP contribution in [0.3, 0.4) is 0 Å². The third-order valence-electron chi connectivity index (χ3n) is 9.91. The standard InChI is InChI=1S/C26H32N2O4/c1-25-17-9-7-15(13-17)19(25)21(29)27(23(25)31)11-5-3-4-6-12-28-22(30)20-16-8-10-18(14-16)26(20,2)24(28)32/h7-10,15-20H,3-6,11-14H2,1-2H3/t15-,16-,17-,18-,19-,20+,25-,26+/m0/s1. The van der Waals surface area contributed by atoms with E-state index in [0.29, 0.717) is 13.1 Å². The minimum Gasteiger partial charge on any atom is -0.282 e. The number of imide groups is 2. The Labute approximate surface area is 189 Å². The second-order valence-electron chi connectivity index (χ2n) is 11.3. The molecule has 2 saturated heterocycles. The number of nitrogens with zero attached hydrogens (tertiary/aromatic N) is 2. The van der Waals surface area contributed by atoms with Gasteiger partial charge < -0.3 is 0 Å². The molecule has 4 bridgehead atoms. The molecule has 0 aromatic carbocycles. The van der Waals surface area contributed by atoms with E-state index in [0.717, 1.165) is 38.5 Å². The first-order valence-corrected chi connectivity index (χ1v) is 12.4. The lowest BCUT2D eigenvalue weighted by Gasteiger charge is -2.28. The first kappa shape index (κ1) is 20.4. The molecule has 4 fully saturated rings. The number of rotatable bonds is 7. The van der Waals surface area contributed by atoms with Crippen LogP contribution < -0.4 is 0 Å². The van der Waals surface area contributed by atoms with E-state index in [1.54, 1.807) is 0 Å². The number of amides is 4. The number of hydrogen-bond acceptors (Lipinski definition) is 4. The maximum Gasteiger partial charge on any atom is 0.236 e. The molecule has 2 heterocycles. The molecule has 2 aliphatic heterocycles. The van der Waals surface area contributed by atoms with Crippen molar-refractivity contribution >= 4 is 23.6 Å². The molecule has 0 spiro atoms. The van der Waals surface area contributed by atoms with E-state index >= 15 is 0 Å². The predicted molar refractivity (Wildman–Crippen MR) is 117 cm³/mol. The van der Waals surface area contributed by atoms with Crippen LogP contribution in [0.2, 0.25) is 0 Å². The Balaban J connectivity index is 0.985. The number of hydrogen-bond donors (Lipinski definition) is 0. The minimum atomic E-state index is -0.532. The van der Waals surface area contributed by atoms with Gasteiger partial charge >= 0.3 is 0 Å². The highest BCUT2D eigenvalue weighted by molar-refractivity contribution is 6.09. The normalized spacial score (nSPS) is 45.2. The zero-order valence-corrected chi connectivity index (χ0v) is 19.0. The molecule has 0 N–H and O–H groups in total. The summed E-state index contributed by atoms with van der Waals surface area (Å²) in [6.07, 6.45) is 13.7. The fourth-order valence-corrected chi connectivity index (χ4v) is 8.09. The van der Waals surface area contributed by atoms with Gasteiger partial charge in [-0.2, -0.15) is 0 Å². The fraction of sp³-hybridized carbons (Fsp3) is 0.692. The molecule has 0 unspecified atom stereocenters. The molecule has 32 heavy (non-hydrogen) atoms. The highest BCUT2D eigenvalue weighted by atomic mass is 16.2. The van der Waals surface area contributed by atoms with Gasteiger partial charge in [0, 0.05) is 13.1 Å². The first-order chi connectivity index (χ1) is 15.3. The van der Waals surface area contributed by atoms with E-state index in [4.69, 9.17) is 0 Å². The molecule has 170 valence electrons. The van der Waals surface area contributed by atoms with E-state index in [9.17, 15) is 19.2 Å². The van der Waals surface area contributed by atoms with Gasteiger partial charge in [0.05, 0.1) is 22.7 Å². The monoisotopic (exact) mass is 436 g/mol. The quantitative estimate of drug-likeness (QED) is 0.349. The Morgan fingerprint density at radius 3 is 1.47 bits per heavy atom. The highest BCUT2D eigenvalue weighted by Gasteiger charge is 2.68. The van der Waals surface area contributed by atoms with Crippen LogP contribution >= 0.6 is 0 Å². The van der Waals surface area contributed by atoms with Crippen molar-refractivity contribution in [2.24, 2.45) is 46.3 Å². The molecule has 6 nitrogen and oxygen atoms in total. The largest absolute Gasteiger partial charge is 0.282 e. The zero-order valence-electron chi connectivity index (χ0n) is 19.0. The lowest BCUT2D eigenvalue weighted by Crippen LogP contribution is -2.38. The lowest BCUT2D eigenvalue weighted by atomic mass is 9.71. The van der Waals surface area contributed by atoms with Crippen molar-refractivity contribution in [3.8, 4) is 0 Å². The van der Waals surface area contributed by atoms with Crippen molar-refractivity contribution in [3.05, 3.63) is 24.3 Å². The summed E-state index contributed by atoms with van der Waals surface area (Å²) in [7, 11) is 0. The van der Waals surface area contributed by atoms with E-state index in [2.05, 4.69) is 24.3 Å². The average Bonchev–Trinajstić information content (AvgIpc) is 3.57. The molecule has 4 aliphatic carbocycles. The summed E-state index contributed by atoms with van der Waals surface area (Å²) in [6.45, 7) is 4.93. The number of fused-ring (bicyclic) bond motifs is 10. The van der Waals surface area contributed by atoms with E-state index in [-0.39, 0.29) is 59.1 Å². The van der Waals surface area contributed by atoms with Gasteiger partial charge in [-0.05, 0) is 63.2 Å². The van der Waals surface area contributed by atoms with Crippen molar-refractivity contribution in [1.29, 1.82) is 0 Å². The Hall–Kier alpha value is -2.24. The van der Waals surface area contributed by atoms with Gasteiger partial charge in [-0.15, -0.1) is 0 Å². The number of carbonyl (C=O) groups is 4. The smallest absolute Gasteiger partial charge is 0.236 e. The Kier molecular flexibility index (Phi) is 4.23. The molecular formula is C26H32N2O4. The van der Waals surface area contributed by atoms with Gasteiger partial charge in [0.2, 0.25) is 23.6 Å². The molecule has 0 aromatic rings. The van der Waals surface area contributed by atoms with Gasteiger partial charge in [0.15, 0.2) is 0 Å². The summed E-state index contributed by atoms with van der Waals surface area (Å²) < 4.78 is 0. The molecule has 6 rings (SSSR count). The SMILES string of the molecule is C[C@@]12C(=O)N(CCCCCCN3C(=O)[C@H]4[C@H]5C=C[C@@H](C5)[C@@]4(C)C3=O)C(=O)[C@@H]1[C@H]1C=C[C@H]2C1. The Morgan fingerprint density at radius 1 is 0.688 bits per heavy atom. The molecule has 0 radical (unpaired) electrons. The minimum absolute atomic E-state index is 0.0145. The summed E-state index contributed by atoms with van der Waals surface area (Å²) >= 11 is 0. The van der Waals surface area contributed by atoms with Crippen LogP contribution in [0.1, 0.15) is 52.4 Å². The van der Waals surface area contributed by atoms with Gasteiger partial charge in [0.1, 0.15) is 0 Å². The van der Waals surface area contributed by atoms with Crippen molar-refractivity contribution < 1.29 is 19.2 Å². The van der Waals surface area contributed by atoms with E-state index < -0.39 is 10.8 Å². The van der Waals surface area contributed by atoms with Crippen molar-refractivity contribution in [3.63, 3.8) is 0 Å². The number of unbranched alkanes of at least 4 members (excludes halogenated alkanes) is 3. The molecule has 8 atom stereocenters. The van der Waals surface area contributed by atoms with Crippen LogP contribution in [0.25, 0.3) is 0 Å². The van der Waals surface area contributed by atoms with Crippen LogP contribution in [-0.2, 0) is 19.2 Å². The van der Waals surface area contributed by atoms with Gasteiger partial charge in [-0.3, -0.25) is 29.0 Å².